The van der Waals surface area contributed by atoms with E-state index in [-0.39, 0.29) is 10.5 Å². The first-order valence-corrected chi connectivity index (χ1v) is 12.9. The van der Waals surface area contributed by atoms with Crippen LogP contribution in [0.1, 0.15) is 48.2 Å². The highest BCUT2D eigenvalue weighted by molar-refractivity contribution is 7.90. The number of para-hydroxylation sites is 1. The van der Waals surface area contributed by atoms with E-state index in [1.807, 2.05) is 30.3 Å². The van der Waals surface area contributed by atoms with Crippen molar-refractivity contribution in [3.05, 3.63) is 58.6 Å². The lowest BCUT2D eigenvalue weighted by Crippen LogP contribution is -2.43. The van der Waals surface area contributed by atoms with Crippen molar-refractivity contribution in [3.63, 3.8) is 0 Å². The number of nitrogens with two attached hydrogens (primary N) is 1. The summed E-state index contributed by atoms with van der Waals surface area (Å²) in [7, 11) is -3.59. The van der Waals surface area contributed by atoms with Crippen LogP contribution in [0.2, 0.25) is 0 Å². The molecule has 0 radical (unpaired) electrons. The number of hydrogen-bond acceptors (Lipinski definition) is 6. The maximum absolute atomic E-state index is 13.2. The number of primary amides is 1. The van der Waals surface area contributed by atoms with Gasteiger partial charge in [0.2, 0.25) is 5.91 Å². The lowest BCUT2D eigenvalue weighted by molar-refractivity contribution is -0.122. The van der Waals surface area contributed by atoms with Gasteiger partial charge in [0, 0.05) is 6.26 Å². The summed E-state index contributed by atoms with van der Waals surface area (Å²) in [4.78, 5) is 17.9. The molecule has 0 saturated heterocycles. The number of hydrogen-bond donors (Lipinski definition) is 1. The molecule has 1 amide bonds. The molecule has 2 aromatic carbocycles. The third-order valence-electron chi connectivity index (χ3n) is 6.14. The minimum Gasteiger partial charge on any atom is -0.369 e. The highest BCUT2D eigenvalue weighted by Gasteiger charge is 2.46. The van der Waals surface area contributed by atoms with Crippen molar-refractivity contribution in [2.75, 3.05) is 6.26 Å². The Kier molecular flexibility index (Phi) is 5.58. The van der Waals surface area contributed by atoms with Crippen LogP contribution in [0.25, 0.3) is 10.2 Å². The number of carbonyl (C=O) groups excluding carboxylic acids is 1. The molecular weight excluding hydrogens is 430 g/mol. The number of benzene rings is 2. The summed E-state index contributed by atoms with van der Waals surface area (Å²) in [5, 5.41) is 10.2. The molecule has 0 spiro atoms. The van der Waals surface area contributed by atoms with Crippen LogP contribution in [0, 0.1) is 17.2 Å². The zero-order valence-corrected chi connectivity index (χ0v) is 18.8. The first-order valence-electron chi connectivity index (χ1n) is 10.2. The van der Waals surface area contributed by atoms with E-state index in [4.69, 9.17) is 10.7 Å². The summed E-state index contributed by atoms with van der Waals surface area (Å²) in [5.41, 5.74) is 6.18. The van der Waals surface area contributed by atoms with Crippen molar-refractivity contribution >= 4 is 37.3 Å². The zero-order valence-electron chi connectivity index (χ0n) is 17.2. The number of thiazole rings is 1. The molecule has 1 aliphatic carbocycles. The Bertz CT molecular complexity index is 1270. The van der Waals surface area contributed by atoms with Gasteiger partial charge in [0.1, 0.15) is 16.5 Å². The number of rotatable bonds is 6. The SMILES string of the molecule is CS(=O)(=O)c1ccc(C(CC2CCCC2)(C(N)=O)c2nc3ccccc3s2)cc1C#N. The molecule has 1 fully saturated rings. The molecule has 4 rings (SSSR count). The van der Waals surface area contributed by atoms with E-state index in [0.29, 0.717) is 22.9 Å². The third kappa shape index (κ3) is 3.84. The predicted octanol–water partition coefficient (Wildman–Crippen LogP) is 3.92. The fraction of sp³-hybridized carbons (Fsp3) is 0.348. The van der Waals surface area contributed by atoms with Gasteiger partial charge in [0.25, 0.3) is 0 Å². The Hall–Kier alpha value is -2.76. The molecule has 1 atom stereocenters. The van der Waals surface area contributed by atoms with Crippen LogP contribution >= 0.6 is 11.3 Å². The van der Waals surface area contributed by atoms with Gasteiger partial charge in [-0.3, -0.25) is 4.79 Å². The van der Waals surface area contributed by atoms with Gasteiger partial charge in [-0.2, -0.15) is 5.26 Å². The molecule has 1 aliphatic rings. The molecule has 160 valence electrons. The summed E-state index contributed by atoms with van der Waals surface area (Å²) in [6.45, 7) is 0. The first kappa shape index (κ1) is 21.5. The summed E-state index contributed by atoms with van der Waals surface area (Å²) >= 11 is 1.42. The van der Waals surface area contributed by atoms with Gasteiger partial charge in [-0.05, 0) is 42.2 Å². The second kappa shape index (κ2) is 8.06. The second-order valence-electron chi connectivity index (χ2n) is 8.21. The number of fused-ring (bicyclic) bond motifs is 1. The van der Waals surface area contributed by atoms with E-state index in [9.17, 15) is 18.5 Å². The monoisotopic (exact) mass is 453 g/mol. The molecule has 31 heavy (non-hydrogen) atoms. The topological polar surface area (TPSA) is 114 Å². The van der Waals surface area contributed by atoms with Crippen LogP contribution in [0.15, 0.2) is 47.4 Å². The van der Waals surface area contributed by atoms with Crippen LogP contribution < -0.4 is 5.73 Å². The van der Waals surface area contributed by atoms with Crippen molar-refractivity contribution in [2.24, 2.45) is 11.7 Å². The Morgan fingerprint density at radius 3 is 2.58 bits per heavy atom. The molecular formula is C23H23N3O3S2. The van der Waals surface area contributed by atoms with Gasteiger partial charge in [-0.25, -0.2) is 13.4 Å². The van der Waals surface area contributed by atoms with Crippen molar-refractivity contribution in [2.45, 2.75) is 42.4 Å². The highest BCUT2D eigenvalue weighted by Crippen LogP contribution is 2.45. The van der Waals surface area contributed by atoms with Gasteiger partial charge in [0.15, 0.2) is 9.84 Å². The fourth-order valence-corrected chi connectivity index (χ4v) is 6.60. The molecule has 1 saturated carbocycles. The summed E-state index contributed by atoms with van der Waals surface area (Å²) in [6.07, 6.45) is 5.78. The minimum atomic E-state index is -3.59. The number of nitriles is 1. The molecule has 8 heteroatoms. The Morgan fingerprint density at radius 2 is 1.97 bits per heavy atom. The Labute approximate surface area is 185 Å². The van der Waals surface area contributed by atoms with E-state index >= 15 is 0 Å². The van der Waals surface area contributed by atoms with Crippen LogP contribution in [0.5, 0.6) is 0 Å². The van der Waals surface area contributed by atoms with Gasteiger partial charge in [0.05, 0.1) is 20.7 Å². The number of carbonyl (C=O) groups is 1. The van der Waals surface area contributed by atoms with Gasteiger partial charge < -0.3 is 5.73 Å². The molecule has 1 heterocycles. The normalized spacial score (nSPS) is 16.8. The fourth-order valence-electron chi connectivity index (χ4n) is 4.59. The maximum Gasteiger partial charge on any atom is 0.235 e. The molecule has 6 nitrogen and oxygen atoms in total. The number of sulfone groups is 1. The number of amides is 1. The molecule has 0 aliphatic heterocycles. The van der Waals surface area contributed by atoms with Crippen LogP contribution in [0.4, 0.5) is 0 Å². The van der Waals surface area contributed by atoms with Crippen molar-refractivity contribution in [3.8, 4) is 6.07 Å². The van der Waals surface area contributed by atoms with Gasteiger partial charge in [-0.15, -0.1) is 11.3 Å². The van der Waals surface area contributed by atoms with E-state index in [1.54, 1.807) is 6.07 Å². The van der Waals surface area contributed by atoms with E-state index in [1.165, 1.54) is 23.5 Å². The molecule has 1 aromatic heterocycles. The zero-order chi connectivity index (χ0) is 22.2. The quantitative estimate of drug-likeness (QED) is 0.607. The van der Waals surface area contributed by atoms with Crippen molar-refractivity contribution < 1.29 is 13.2 Å². The highest BCUT2D eigenvalue weighted by atomic mass is 32.2. The predicted molar refractivity (Wildman–Crippen MR) is 120 cm³/mol. The largest absolute Gasteiger partial charge is 0.369 e. The van der Waals surface area contributed by atoms with Crippen LogP contribution in [-0.2, 0) is 20.0 Å². The van der Waals surface area contributed by atoms with Crippen LogP contribution in [0.3, 0.4) is 0 Å². The molecule has 2 N–H and O–H groups in total. The molecule has 3 aromatic rings. The molecule has 0 bridgehead atoms. The van der Waals surface area contributed by atoms with E-state index in [0.717, 1.165) is 42.2 Å². The first-order chi connectivity index (χ1) is 14.8. The smallest absolute Gasteiger partial charge is 0.235 e. The summed E-state index contributed by atoms with van der Waals surface area (Å²) in [5.74, 6) is -0.228. The van der Waals surface area contributed by atoms with Crippen LogP contribution in [-0.4, -0.2) is 25.6 Å². The van der Waals surface area contributed by atoms with E-state index in [2.05, 4.69) is 0 Å². The Morgan fingerprint density at radius 1 is 1.26 bits per heavy atom. The standard InChI is InChI=1S/C23H23N3O3S2/c1-31(28,29)20-11-10-17(12-16(20)14-24)23(21(25)27,13-15-6-2-3-7-15)22-26-18-8-4-5-9-19(18)30-22/h4-5,8-12,15H,2-3,6-7,13H2,1H3,(H2,25,27). The second-order valence-corrected chi connectivity index (χ2v) is 11.2. The summed E-state index contributed by atoms with van der Waals surface area (Å²) in [6, 6.07) is 14.2. The maximum atomic E-state index is 13.2. The lowest BCUT2D eigenvalue weighted by atomic mass is 9.72. The Balaban J connectivity index is 1.97. The van der Waals surface area contributed by atoms with Gasteiger partial charge in [-0.1, -0.05) is 43.9 Å². The van der Waals surface area contributed by atoms with Crippen molar-refractivity contribution in [1.29, 1.82) is 5.26 Å². The lowest BCUT2D eigenvalue weighted by Gasteiger charge is -2.32. The average molecular weight is 454 g/mol. The number of aromatic nitrogens is 1. The summed E-state index contributed by atoms with van der Waals surface area (Å²) < 4.78 is 25.2. The average Bonchev–Trinajstić information content (AvgIpc) is 3.40. The van der Waals surface area contributed by atoms with Gasteiger partial charge >= 0.3 is 0 Å². The minimum absolute atomic E-state index is 0.0122. The third-order valence-corrected chi connectivity index (χ3v) is 8.49. The molecule has 1 unspecified atom stereocenters. The van der Waals surface area contributed by atoms with Crippen molar-refractivity contribution in [1.82, 2.24) is 4.98 Å². The van der Waals surface area contributed by atoms with E-state index < -0.39 is 21.2 Å². The number of nitrogens with zero attached hydrogens (tertiary/aromatic N) is 2.